The van der Waals surface area contributed by atoms with Crippen LogP contribution in [0.5, 0.6) is 0 Å². The number of fused-ring (bicyclic) bond motifs is 1. The minimum atomic E-state index is -3.39. The van der Waals surface area contributed by atoms with Crippen molar-refractivity contribution in [1.82, 2.24) is 20.9 Å². The number of urea groups is 1. The summed E-state index contributed by atoms with van der Waals surface area (Å²) in [7, 11) is -3.39. The molecule has 1 unspecified atom stereocenters. The monoisotopic (exact) mass is 637 g/mol. The molecule has 5 N–H and O–H groups in total. The normalized spacial score (nSPS) is 27.2. The average Bonchev–Trinajstić information content (AvgIpc) is 3.19. The van der Waals surface area contributed by atoms with Gasteiger partial charge in [-0.15, -0.1) is 0 Å². The molecule has 0 aromatic rings. The minimum absolute atomic E-state index is 0.0637. The van der Waals surface area contributed by atoms with E-state index < -0.39 is 68.5 Å². The predicted octanol–water partition coefficient (Wildman–Crippen LogP) is 1.66. The second-order valence-corrected chi connectivity index (χ2v) is 17.7. The summed E-state index contributed by atoms with van der Waals surface area (Å²) < 4.78 is 24.5. The zero-order valence-electron chi connectivity index (χ0n) is 27.0. The quantitative estimate of drug-likeness (QED) is 0.248. The fraction of sp³-hybridized carbons (Fsp3) is 0.839. The molecule has 5 atom stereocenters. The number of hydrogen-bond donors (Lipinski definition) is 4. The molecule has 12 nitrogen and oxygen atoms in total. The van der Waals surface area contributed by atoms with E-state index in [0.717, 1.165) is 44.8 Å². The van der Waals surface area contributed by atoms with Gasteiger partial charge in [0, 0.05) is 12.8 Å². The summed E-state index contributed by atoms with van der Waals surface area (Å²) in [6, 6.07) is -3.57. The van der Waals surface area contributed by atoms with E-state index in [4.69, 9.17) is 5.73 Å². The molecule has 248 valence electrons. The summed E-state index contributed by atoms with van der Waals surface area (Å²) in [6.07, 6.45) is 7.94. The summed E-state index contributed by atoms with van der Waals surface area (Å²) in [5.41, 5.74) is 3.46. The minimum Gasteiger partial charge on any atom is -0.363 e. The Labute approximate surface area is 261 Å². The van der Waals surface area contributed by atoms with Crippen molar-refractivity contribution in [2.24, 2.45) is 34.3 Å². The van der Waals surface area contributed by atoms with Gasteiger partial charge in [0.15, 0.2) is 0 Å². The van der Waals surface area contributed by atoms with E-state index in [9.17, 15) is 32.4 Å². The number of ketones is 1. The van der Waals surface area contributed by atoms with E-state index in [1.54, 1.807) is 0 Å². The molecule has 0 spiro atoms. The number of piperidine rings is 1. The number of nitrogens with two attached hydrogens (primary N) is 1. The van der Waals surface area contributed by atoms with Gasteiger partial charge in [0.25, 0.3) is 5.91 Å². The third kappa shape index (κ3) is 7.39. The molecule has 0 aromatic carbocycles. The van der Waals surface area contributed by atoms with Gasteiger partial charge in [-0.05, 0) is 47.8 Å². The van der Waals surface area contributed by atoms with Crippen LogP contribution >= 0.6 is 0 Å². The number of nitrogens with zero attached hydrogens (tertiary/aromatic N) is 1. The number of sulfone groups is 1. The van der Waals surface area contributed by atoms with Crippen LogP contribution in [0.2, 0.25) is 0 Å². The smallest absolute Gasteiger partial charge is 0.315 e. The highest BCUT2D eigenvalue weighted by Gasteiger charge is 2.70. The van der Waals surface area contributed by atoms with Crippen molar-refractivity contribution in [3.63, 3.8) is 0 Å². The maximum atomic E-state index is 14.2. The number of nitrogens with one attached hydrogen (secondary N) is 3. The molecule has 0 aromatic heterocycles. The van der Waals surface area contributed by atoms with Crippen LogP contribution in [0, 0.1) is 28.6 Å². The summed E-state index contributed by atoms with van der Waals surface area (Å²) in [5.74, 6) is -2.91. The number of rotatable bonds is 11. The molecular formula is C31H51N5O7S. The molecule has 1 heterocycles. The first-order valence-corrected chi connectivity index (χ1v) is 18.0. The molecule has 1 saturated heterocycles. The third-order valence-corrected chi connectivity index (χ3v) is 11.6. The molecule has 4 aliphatic rings. The Morgan fingerprint density at radius 2 is 1.59 bits per heavy atom. The lowest BCUT2D eigenvalue weighted by Crippen LogP contribution is -2.63. The van der Waals surface area contributed by atoms with Crippen molar-refractivity contribution in [2.75, 3.05) is 18.6 Å². The summed E-state index contributed by atoms with van der Waals surface area (Å²) in [5, 5.41) is 8.53. The third-order valence-electron chi connectivity index (χ3n) is 10.5. The van der Waals surface area contributed by atoms with Gasteiger partial charge >= 0.3 is 6.03 Å². The number of likely N-dealkylation sites (tertiary alicyclic amines) is 1. The molecule has 3 saturated carbocycles. The van der Waals surface area contributed by atoms with Crippen LogP contribution in [0.3, 0.4) is 0 Å². The standard InChI is InChI=1S/C31H51N5O7S/c1-29(2,3)24(34-28(41)35-31(17-44(6,42)43)13-8-7-9-14-31)27(40)36-16-19-21(30(19,4)5)22(36)26(39)33-20(23(37)25(32)38)15-18-11-10-12-18/h18-22,24H,7-17H2,1-6H3,(H2,32,38)(H,33,39)(H2,34,35,41)/t19-,20?,21-,22-,24+/m0/s1. The van der Waals surface area contributed by atoms with Crippen LogP contribution in [0.4, 0.5) is 4.79 Å². The van der Waals surface area contributed by atoms with Crippen molar-refractivity contribution in [2.45, 2.75) is 116 Å². The van der Waals surface area contributed by atoms with Crippen molar-refractivity contribution in [1.29, 1.82) is 0 Å². The molecule has 0 bridgehead atoms. The lowest BCUT2D eigenvalue weighted by molar-refractivity contribution is -0.145. The Bertz CT molecular complexity index is 1280. The van der Waals surface area contributed by atoms with E-state index in [2.05, 4.69) is 16.0 Å². The van der Waals surface area contributed by atoms with Crippen LogP contribution in [-0.4, -0.2) is 85.1 Å². The molecule has 5 amide bonds. The molecular weight excluding hydrogens is 586 g/mol. The number of Topliss-reactive ketones (excluding diaryl/α,β-unsaturated/α-hetero) is 1. The second kappa shape index (κ2) is 12.2. The maximum absolute atomic E-state index is 14.2. The van der Waals surface area contributed by atoms with Crippen LogP contribution in [0.25, 0.3) is 0 Å². The molecule has 0 radical (unpaired) electrons. The predicted molar refractivity (Wildman–Crippen MR) is 165 cm³/mol. The van der Waals surface area contributed by atoms with Crippen molar-refractivity contribution >= 4 is 39.4 Å². The van der Waals surface area contributed by atoms with Crippen LogP contribution < -0.4 is 21.7 Å². The van der Waals surface area contributed by atoms with Gasteiger partial charge in [-0.2, -0.15) is 0 Å². The fourth-order valence-electron chi connectivity index (χ4n) is 7.79. The summed E-state index contributed by atoms with van der Waals surface area (Å²) >= 11 is 0. The van der Waals surface area contributed by atoms with Crippen LogP contribution in [0.1, 0.15) is 92.4 Å². The molecule has 3 aliphatic carbocycles. The van der Waals surface area contributed by atoms with Crippen LogP contribution in [-0.2, 0) is 29.0 Å². The topological polar surface area (TPSA) is 185 Å². The van der Waals surface area contributed by atoms with Crippen molar-refractivity contribution in [3.05, 3.63) is 0 Å². The first kappa shape index (κ1) is 34.2. The Balaban J connectivity index is 1.54. The van der Waals surface area contributed by atoms with E-state index in [1.807, 2.05) is 34.6 Å². The first-order valence-electron chi connectivity index (χ1n) is 16.0. The summed E-state index contributed by atoms with van der Waals surface area (Å²) in [6.45, 7) is 9.86. The van der Waals surface area contributed by atoms with Crippen molar-refractivity contribution in [3.8, 4) is 0 Å². The molecule has 1 aliphatic heterocycles. The lowest BCUT2D eigenvalue weighted by atomic mass is 9.80. The first-order chi connectivity index (χ1) is 20.3. The molecule has 13 heteroatoms. The SMILES string of the molecule is CC(C)(C)[C@H](NC(=O)NC1(CS(C)(=O)=O)CCCCC1)C(=O)N1C[C@H]2[C@@H]([C@H]1C(=O)NC(CC1CCC1)C(=O)C(N)=O)C2(C)C. The highest BCUT2D eigenvalue weighted by molar-refractivity contribution is 7.90. The van der Waals surface area contributed by atoms with E-state index >= 15 is 0 Å². The summed E-state index contributed by atoms with van der Waals surface area (Å²) in [4.78, 5) is 67.6. The second-order valence-electron chi connectivity index (χ2n) is 15.5. The molecule has 44 heavy (non-hydrogen) atoms. The zero-order chi connectivity index (χ0) is 32.8. The van der Waals surface area contributed by atoms with Gasteiger partial charge in [-0.25, -0.2) is 13.2 Å². The number of carbonyl (C=O) groups is 5. The number of amides is 5. The van der Waals surface area contributed by atoms with Crippen molar-refractivity contribution < 1.29 is 32.4 Å². The lowest BCUT2D eigenvalue weighted by Gasteiger charge is -2.40. The Morgan fingerprint density at radius 3 is 2.09 bits per heavy atom. The number of primary amides is 1. The zero-order valence-corrected chi connectivity index (χ0v) is 27.8. The average molecular weight is 638 g/mol. The highest BCUT2D eigenvalue weighted by Crippen LogP contribution is 2.65. The van der Waals surface area contributed by atoms with Gasteiger partial charge in [0.05, 0.1) is 17.3 Å². The van der Waals surface area contributed by atoms with E-state index in [-0.39, 0.29) is 28.9 Å². The Morgan fingerprint density at radius 1 is 0.977 bits per heavy atom. The highest BCUT2D eigenvalue weighted by atomic mass is 32.2. The van der Waals surface area contributed by atoms with E-state index in [1.165, 1.54) is 4.90 Å². The van der Waals surface area contributed by atoms with Gasteiger partial charge < -0.3 is 26.6 Å². The van der Waals surface area contributed by atoms with Gasteiger partial charge in [-0.3, -0.25) is 19.2 Å². The Kier molecular flexibility index (Phi) is 9.51. The Hall–Kier alpha value is -2.70. The maximum Gasteiger partial charge on any atom is 0.315 e. The number of hydrogen-bond acceptors (Lipinski definition) is 7. The largest absolute Gasteiger partial charge is 0.363 e. The van der Waals surface area contributed by atoms with Crippen LogP contribution in [0.15, 0.2) is 0 Å². The fourth-order valence-corrected chi connectivity index (χ4v) is 9.16. The van der Waals surface area contributed by atoms with Gasteiger partial charge in [0.1, 0.15) is 21.9 Å². The van der Waals surface area contributed by atoms with Gasteiger partial charge in [0.2, 0.25) is 17.6 Å². The molecule has 4 fully saturated rings. The van der Waals surface area contributed by atoms with Gasteiger partial charge in [-0.1, -0.05) is 73.1 Å². The van der Waals surface area contributed by atoms with E-state index in [0.29, 0.717) is 25.8 Å². The molecule has 4 rings (SSSR count). The number of carbonyl (C=O) groups excluding carboxylic acids is 5.